The molecule has 0 bridgehead atoms. The Morgan fingerprint density at radius 2 is 1.97 bits per heavy atom. The second-order valence-electron chi connectivity index (χ2n) is 7.16. The highest BCUT2D eigenvalue weighted by Crippen LogP contribution is 2.24. The molecular formula is C20H24N8O3. The quantitative estimate of drug-likeness (QED) is 0.407. The number of anilines is 5. The topological polar surface area (TPSA) is 138 Å². The smallest absolute Gasteiger partial charge is 0.321 e. The summed E-state index contributed by atoms with van der Waals surface area (Å²) in [4.78, 5) is 21.0. The van der Waals surface area contributed by atoms with Crippen LogP contribution >= 0.6 is 0 Å². The monoisotopic (exact) mass is 424 g/mol. The summed E-state index contributed by atoms with van der Waals surface area (Å²) in [6, 6.07) is 8.89. The summed E-state index contributed by atoms with van der Waals surface area (Å²) < 4.78 is 10.3. The molecular weight excluding hydrogens is 400 g/mol. The van der Waals surface area contributed by atoms with E-state index in [9.17, 15) is 4.79 Å². The molecule has 5 N–H and O–H groups in total. The molecule has 1 aromatic carbocycles. The van der Waals surface area contributed by atoms with Crippen LogP contribution in [0.25, 0.3) is 0 Å². The van der Waals surface area contributed by atoms with Gasteiger partial charge in [0.25, 0.3) is 0 Å². The fourth-order valence-corrected chi connectivity index (χ4v) is 3.04. The summed E-state index contributed by atoms with van der Waals surface area (Å²) in [5.41, 5.74) is 4.09. The van der Waals surface area contributed by atoms with Gasteiger partial charge in [0.1, 0.15) is 18.4 Å². The van der Waals surface area contributed by atoms with Gasteiger partial charge in [0, 0.05) is 29.2 Å². The van der Waals surface area contributed by atoms with Gasteiger partial charge in [-0.1, -0.05) is 0 Å². The lowest BCUT2D eigenvalue weighted by Gasteiger charge is -2.14. The van der Waals surface area contributed by atoms with E-state index in [1.165, 1.54) is 0 Å². The van der Waals surface area contributed by atoms with E-state index in [4.69, 9.17) is 9.47 Å². The first kappa shape index (κ1) is 20.6. The van der Waals surface area contributed by atoms with E-state index < -0.39 is 6.23 Å². The number of nitrogens with zero attached hydrogens (tertiary/aromatic N) is 3. The summed E-state index contributed by atoms with van der Waals surface area (Å²) in [5, 5.41) is 18.9. The van der Waals surface area contributed by atoms with Crippen LogP contribution in [-0.4, -0.2) is 45.8 Å². The second-order valence-corrected chi connectivity index (χ2v) is 7.16. The van der Waals surface area contributed by atoms with Crippen molar-refractivity contribution in [2.45, 2.75) is 27.0 Å². The van der Waals surface area contributed by atoms with Crippen LogP contribution in [0.3, 0.4) is 0 Å². The Labute approximate surface area is 179 Å². The molecule has 1 unspecified atom stereocenters. The number of amides is 2. The molecule has 0 aliphatic carbocycles. The molecule has 1 aliphatic heterocycles. The lowest BCUT2D eigenvalue weighted by Crippen LogP contribution is -2.39. The normalized spacial score (nSPS) is 15.5. The number of hydrogen-bond acceptors (Lipinski definition) is 8. The number of ether oxygens (including phenoxy) is 2. The zero-order chi connectivity index (χ0) is 21.8. The summed E-state index contributed by atoms with van der Waals surface area (Å²) in [7, 11) is 0. The van der Waals surface area contributed by atoms with Crippen LogP contribution in [0.4, 0.5) is 33.8 Å². The Morgan fingerprint density at radius 3 is 2.68 bits per heavy atom. The fourth-order valence-electron chi connectivity index (χ4n) is 3.04. The third-order valence-corrected chi connectivity index (χ3v) is 4.47. The van der Waals surface area contributed by atoms with E-state index in [0.29, 0.717) is 24.1 Å². The number of benzene rings is 1. The number of carbonyl (C=O) groups excluding carboxylic acids is 1. The van der Waals surface area contributed by atoms with Gasteiger partial charge in [-0.15, -0.1) is 0 Å². The van der Waals surface area contributed by atoms with Gasteiger partial charge in [-0.25, -0.2) is 9.78 Å². The summed E-state index contributed by atoms with van der Waals surface area (Å²) >= 11 is 0. The van der Waals surface area contributed by atoms with Crippen molar-refractivity contribution in [3.05, 3.63) is 47.3 Å². The first-order chi connectivity index (χ1) is 14.9. The van der Waals surface area contributed by atoms with E-state index in [2.05, 4.69) is 41.4 Å². The van der Waals surface area contributed by atoms with Gasteiger partial charge in [-0.2, -0.15) is 10.1 Å². The zero-order valence-electron chi connectivity index (χ0n) is 17.4. The first-order valence-electron chi connectivity index (χ1n) is 9.74. The standard InChI is InChI=1S/C20H24N8O3/c1-11-6-14(22-20(29)26-18-9-30-10-31-18)4-5-15(11)23-19-21-12(2)7-16(25-19)24-17-8-13(3)27-28-17/h4-8,18H,9-10H2,1-3H3,(H2,22,26,29)(H3,21,23,24,25,27,28). The molecule has 3 aromatic rings. The minimum atomic E-state index is -0.436. The number of nitrogens with one attached hydrogen (secondary N) is 5. The molecule has 0 saturated carbocycles. The van der Waals surface area contributed by atoms with Gasteiger partial charge >= 0.3 is 6.03 Å². The Bertz CT molecular complexity index is 1080. The highest BCUT2D eigenvalue weighted by atomic mass is 16.7. The van der Waals surface area contributed by atoms with E-state index in [0.717, 1.165) is 28.5 Å². The van der Waals surface area contributed by atoms with Crippen LogP contribution in [0.5, 0.6) is 0 Å². The van der Waals surface area contributed by atoms with Crippen LogP contribution in [-0.2, 0) is 9.47 Å². The Kier molecular flexibility index (Phi) is 5.96. The average Bonchev–Trinajstić information content (AvgIpc) is 3.35. The third kappa shape index (κ3) is 5.47. The Hall–Kier alpha value is -3.70. The van der Waals surface area contributed by atoms with Gasteiger partial charge in [0.15, 0.2) is 6.23 Å². The van der Waals surface area contributed by atoms with Crippen molar-refractivity contribution in [2.75, 3.05) is 29.4 Å². The summed E-state index contributed by atoms with van der Waals surface area (Å²) in [5.74, 6) is 1.85. The van der Waals surface area contributed by atoms with Gasteiger partial charge in [-0.05, 0) is 44.5 Å². The predicted octanol–water partition coefficient (Wildman–Crippen LogP) is 3.06. The van der Waals surface area contributed by atoms with Crippen molar-refractivity contribution in [2.24, 2.45) is 0 Å². The van der Waals surface area contributed by atoms with E-state index >= 15 is 0 Å². The van der Waals surface area contributed by atoms with Gasteiger partial charge < -0.3 is 30.7 Å². The zero-order valence-corrected chi connectivity index (χ0v) is 17.4. The largest absolute Gasteiger partial charge is 0.351 e. The number of rotatable bonds is 6. The first-order valence-corrected chi connectivity index (χ1v) is 9.74. The molecule has 0 spiro atoms. The van der Waals surface area contributed by atoms with Crippen LogP contribution in [0, 0.1) is 20.8 Å². The maximum atomic E-state index is 12.1. The van der Waals surface area contributed by atoms with Crippen LogP contribution in [0.15, 0.2) is 30.3 Å². The SMILES string of the molecule is Cc1cc(Nc2cc(C)nc(Nc3ccc(NC(=O)NC4COCO4)cc3C)n2)[nH]n1. The minimum Gasteiger partial charge on any atom is -0.351 e. The minimum absolute atomic E-state index is 0.185. The molecule has 1 atom stereocenters. The van der Waals surface area contributed by atoms with E-state index in [1.807, 2.05) is 45.0 Å². The molecule has 1 fully saturated rings. The molecule has 1 aliphatic rings. The van der Waals surface area contributed by atoms with Crippen LogP contribution in [0.1, 0.15) is 17.0 Å². The molecule has 31 heavy (non-hydrogen) atoms. The van der Waals surface area contributed by atoms with Crippen molar-refractivity contribution >= 4 is 35.0 Å². The molecule has 2 aromatic heterocycles. The van der Waals surface area contributed by atoms with Crippen molar-refractivity contribution in [1.29, 1.82) is 0 Å². The van der Waals surface area contributed by atoms with Gasteiger partial charge in [-0.3, -0.25) is 5.10 Å². The molecule has 11 heteroatoms. The number of urea groups is 1. The lowest BCUT2D eigenvalue weighted by atomic mass is 10.2. The van der Waals surface area contributed by atoms with Crippen LogP contribution in [0.2, 0.25) is 0 Å². The lowest BCUT2D eigenvalue weighted by molar-refractivity contribution is 0.0411. The molecule has 2 amide bonds. The highest BCUT2D eigenvalue weighted by Gasteiger charge is 2.18. The molecule has 162 valence electrons. The van der Waals surface area contributed by atoms with Crippen molar-refractivity contribution in [1.82, 2.24) is 25.5 Å². The fraction of sp³-hybridized carbons (Fsp3) is 0.300. The molecule has 3 heterocycles. The van der Waals surface area contributed by atoms with Crippen molar-refractivity contribution in [3.8, 4) is 0 Å². The number of aromatic nitrogens is 4. The number of hydrogen-bond donors (Lipinski definition) is 5. The molecule has 1 saturated heterocycles. The molecule has 11 nitrogen and oxygen atoms in total. The number of aromatic amines is 1. The summed E-state index contributed by atoms with van der Waals surface area (Å²) in [6.07, 6.45) is -0.436. The van der Waals surface area contributed by atoms with Crippen molar-refractivity contribution < 1.29 is 14.3 Å². The average molecular weight is 424 g/mol. The maximum Gasteiger partial charge on any atom is 0.321 e. The van der Waals surface area contributed by atoms with E-state index in [-0.39, 0.29) is 12.8 Å². The number of H-pyrrole nitrogens is 1. The Morgan fingerprint density at radius 1 is 1.10 bits per heavy atom. The second kappa shape index (κ2) is 8.98. The summed E-state index contributed by atoms with van der Waals surface area (Å²) in [6.45, 7) is 6.25. The molecule has 4 rings (SSSR count). The van der Waals surface area contributed by atoms with Crippen LogP contribution < -0.4 is 21.3 Å². The molecule has 0 radical (unpaired) electrons. The van der Waals surface area contributed by atoms with E-state index in [1.54, 1.807) is 6.07 Å². The third-order valence-electron chi connectivity index (χ3n) is 4.47. The predicted molar refractivity (Wildman–Crippen MR) is 116 cm³/mol. The number of carbonyl (C=O) groups is 1. The Balaban J connectivity index is 1.42. The van der Waals surface area contributed by atoms with Gasteiger partial charge in [0.05, 0.1) is 12.3 Å². The highest BCUT2D eigenvalue weighted by molar-refractivity contribution is 5.89. The van der Waals surface area contributed by atoms with Gasteiger partial charge in [0.2, 0.25) is 5.95 Å². The number of aryl methyl sites for hydroxylation is 3. The van der Waals surface area contributed by atoms with Crippen molar-refractivity contribution in [3.63, 3.8) is 0 Å². The maximum absolute atomic E-state index is 12.1.